The van der Waals surface area contributed by atoms with Gasteiger partial charge in [0.05, 0.1) is 12.8 Å². The molecule has 1 fully saturated rings. The van der Waals surface area contributed by atoms with Gasteiger partial charge in [-0.25, -0.2) is 0 Å². The lowest BCUT2D eigenvalue weighted by atomic mass is 10.1. The van der Waals surface area contributed by atoms with Crippen molar-refractivity contribution in [2.24, 2.45) is 5.10 Å². The smallest absolute Gasteiger partial charge is 0.237 e. The van der Waals surface area contributed by atoms with Crippen molar-refractivity contribution in [2.45, 2.75) is 19.3 Å². The number of methoxy groups -OCH3 is 1. The molecular formula is C15H17N5O. The summed E-state index contributed by atoms with van der Waals surface area (Å²) in [6.07, 6.45) is 3.70. The summed E-state index contributed by atoms with van der Waals surface area (Å²) in [7, 11) is 1.58. The maximum absolute atomic E-state index is 8.66. The Labute approximate surface area is 124 Å². The highest BCUT2D eigenvalue weighted by atomic mass is 16.5. The van der Waals surface area contributed by atoms with Gasteiger partial charge in [0.1, 0.15) is 17.9 Å². The lowest BCUT2D eigenvalue weighted by Crippen LogP contribution is -2.29. The second kappa shape index (κ2) is 7.16. The number of hydrazone groups is 1. The van der Waals surface area contributed by atoms with Gasteiger partial charge in [-0.05, 0) is 31.4 Å². The van der Waals surface area contributed by atoms with Crippen LogP contribution in [0.25, 0.3) is 0 Å². The number of ether oxygens (including phenoxy) is 1. The van der Waals surface area contributed by atoms with Crippen molar-refractivity contribution in [2.75, 3.05) is 30.5 Å². The summed E-state index contributed by atoms with van der Waals surface area (Å²) < 4.78 is 5.35. The summed E-state index contributed by atoms with van der Waals surface area (Å²) in [5.41, 5.74) is 4.21. The van der Waals surface area contributed by atoms with Crippen molar-refractivity contribution in [3.8, 4) is 17.9 Å². The predicted molar refractivity (Wildman–Crippen MR) is 81.3 cm³/mol. The van der Waals surface area contributed by atoms with E-state index in [2.05, 4.69) is 15.4 Å². The molecule has 0 atom stereocenters. The van der Waals surface area contributed by atoms with Gasteiger partial charge in [0.2, 0.25) is 5.71 Å². The molecule has 21 heavy (non-hydrogen) atoms. The normalized spacial score (nSPS) is 13.8. The van der Waals surface area contributed by atoms with Crippen LogP contribution in [0.2, 0.25) is 0 Å². The predicted octanol–water partition coefficient (Wildman–Crippen LogP) is 2.50. The molecule has 108 valence electrons. The number of anilines is 2. The molecule has 1 aromatic carbocycles. The van der Waals surface area contributed by atoms with Crippen LogP contribution in [0, 0.1) is 22.7 Å². The third-order valence-corrected chi connectivity index (χ3v) is 3.41. The van der Waals surface area contributed by atoms with E-state index in [9.17, 15) is 0 Å². The van der Waals surface area contributed by atoms with Gasteiger partial charge >= 0.3 is 0 Å². The molecular weight excluding hydrogens is 266 g/mol. The Bertz CT molecular complexity index is 589. The van der Waals surface area contributed by atoms with Crippen LogP contribution < -0.4 is 15.1 Å². The topological polar surface area (TPSA) is 84.4 Å². The average molecular weight is 283 g/mol. The van der Waals surface area contributed by atoms with Crippen LogP contribution in [-0.4, -0.2) is 25.9 Å². The quantitative estimate of drug-likeness (QED) is 0.678. The third kappa shape index (κ3) is 3.64. The molecule has 1 heterocycles. The van der Waals surface area contributed by atoms with E-state index in [0.717, 1.165) is 18.8 Å². The SMILES string of the molecule is COc1cc(N2CCCCC2)ccc1NN=C(C#N)C#N. The molecule has 0 amide bonds. The number of hydrogen-bond acceptors (Lipinski definition) is 6. The molecule has 0 aromatic heterocycles. The van der Waals surface area contributed by atoms with Gasteiger partial charge in [-0.3, -0.25) is 5.43 Å². The van der Waals surface area contributed by atoms with E-state index >= 15 is 0 Å². The highest BCUT2D eigenvalue weighted by molar-refractivity contribution is 6.10. The Morgan fingerprint density at radius 1 is 1.24 bits per heavy atom. The van der Waals surface area contributed by atoms with Crippen LogP contribution in [0.5, 0.6) is 5.75 Å². The van der Waals surface area contributed by atoms with Crippen LogP contribution in [0.15, 0.2) is 23.3 Å². The molecule has 0 spiro atoms. The van der Waals surface area contributed by atoms with Crippen LogP contribution in [-0.2, 0) is 0 Å². The van der Waals surface area contributed by atoms with Gasteiger partial charge < -0.3 is 9.64 Å². The number of nitrogens with one attached hydrogen (secondary N) is 1. The molecule has 6 nitrogen and oxygen atoms in total. The van der Waals surface area contributed by atoms with E-state index in [1.54, 1.807) is 19.2 Å². The summed E-state index contributed by atoms with van der Waals surface area (Å²) in [6.45, 7) is 2.11. The summed E-state index contributed by atoms with van der Waals surface area (Å²) >= 11 is 0. The van der Waals surface area contributed by atoms with Gasteiger partial charge in [0, 0.05) is 24.8 Å². The van der Waals surface area contributed by atoms with E-state index in [0.29, 0.717) is 11.4 Å². The maximum Gasteiger partial charge on any atom is 0.237 e. The second-order valence-electron chi connectivity index (χ2n) is 4.73. The first-order valence-corrected chi connectivity index (χ1v) is 6.85. The van der Waals surface area contributed by atoms with Crippen molar-refractivity contribution in [1.82, 2.24) is 0 Å². The fourth-order valence-electron chi connectivity index (χ4n) is 2.31. The molecule has 1 N–H and O–H groups in total. The number of hydrogen-bond donors (Lipinski definition) is 1. The summed E-state index contributed by atoms with van der Waals surface area (Å²) in [4.78, 5) is 2.33. The fourth-order valence-corrected chi connectivity index (χ4v) is 2.31. The molecule has 0 aliphatic carbocycles. The van der Waals surface area contributed by atoms with Crippen molar-refractivity contribution < 1.29 is 4.74 Å². The molecule has 1 aliphatic heterocycles. The molecule has 0 unspecified atom stereocenters. The van der Waals surface area contributed by atoms with E-state index in [-0.39, 0.29) is 5.71 Å². The van der Waals surface area contributed by atoms with Crippen LogP contribution in [0.4, 0.5) is 11.4 Å². The Kier molecular flexibility index (Phi) is 5.00. The average Bonchev–Trinajstić information content (AvgIpc) is 2.56. The molecule has 1 aliphatic rings. The molecule has 1 aromatic rings. The minimum absolute atomic E-state index is 0.225. The molecule has 0 saturated carbocycles. The van der Waals surface area contributed by atoms with Gasteiger partial charge in [-0.1, -0.05) is 0 Å². The van der Waals surface area contributed by atoms with Crippen LogP contribution in [0.3, 0.4) is 0 Å². The molecule has 0 bridgehead atoms. The summed E-state index contributed by atoms with van der Waals surface area (Å²) in [5.74, 6) is 0.636. The van der Waals surface area contributed by atoms with Gasteiger partial charge in [-0.2, -0.15) is 15.6 Å². The zero-order valence-corrected chi connectivity index (χ0v) is 12.0. The van der Waals surface area contributed by atoms with Gasteiger partial charge in [-0.15, -0.1) is 0 Å². The van der Waals surface area contributed by atoms with Gasteiger partial charge in [0.25, 0.3) is 0 Å². The summed E-state index contributed by atoms with van der Waals surface area (Å²) in [5, 5.41) is 21.1. The van der Waals surface area contributed by atoms with Crippen LogP contribution in [0.1, 0.15) is 19.3 Å². The fraction of sp³-hybridized carbons (Fsp3) is 0.400. The van der Waals surface area contributed by atoms with E-state index in [1.165, 1.54) is 19.3 Å². The molecule has 6 heteroatoms. The van der Waals surface area contributed by atoms with E-state index < -0.39 is 0 Å². The lowest BCUT2D eigenvalue weighted by molar-refractivity contribution is 0.416. The lowest BCUT2D eigenvalue weighted by Gasteiger charge is -2.29. The largest absolute Gasteiger partial charge is 0.494 e. The molecule has 0 radical (unpaired) electrons. The number of benzene rings is 1. The standard InChI is InChI=1S/C15H17N5O/c1-21-15-9-13(20-7-3-2-4-8-20)5-6-14(15)19-18-12(10-16)11-17/h5-6,9,19H,2-4,7-8H2,1H3. The highest BCUT2D eigenvalue weighted by Gasteiger charge is 2.13. The van der Waals surface area contributed by atoms with E-state index in [4.69, 9.17) is 15.3 Å². The van der Waals surface area contributed by atoms with Gasteiger partial charge in [0.15, 0.2) is 0 Å². The first-order valence-electron chi connectivity index (χ1n) is 6.85. The van der Waals surface area contributed by atoms with Crippen molar-refractivity contribution in [1.29, 1.82) is 10.5 Å². The number of rotatable bonds is 4. The van der Waals surface area contributed by atoms with Crippen molar-refractivity contribution in [3.05, 3.63) is 18.2 Å². The van der Waals surface area contributed by atoms with Crippen molar-refractivity contribution >= 4 is 17.1 Å². The Morgan fingerprint density at radius 2 is 1.95 bits per heavy atom. The Balaban J connectivity index is 2.18. The minimum atomic E-state index is -0.225. The summed E-state index contributed by atoms with van der Waals surface area (Å²) in [6, 6.07) is 9.18. The van der Waals surface area contributed by atoms with Crippen molar-refractivity contribution in [3.63, 3.8) is 0 Å². The minimum Gasteiger partial charge on any atom is -0.494 e. The second-order valence-corrected chi connectivity index (χ2v) is 4.73. The molecule has 2 rings (SSSR count). The van der Waals surface area contributed by atoms with E-state index in [1.807, 2.05) is 18.2 Å². The Morgan fingerprint density at radius 3 is 2.57 bits per heavy atom. The number of nitriles is 2. The monoisotopic (exact) mass is 283 g/mol. The zero-order valence-electron chi connectivity index (χ0n) is 12.0. The Hall–Kier alpha value is -2.73. The third-order valence-electron chi connectivity index (χ3n) is 3.41. The maximum atomic E-state index is 8.66. The van der Waals surface area contributed by atoms with Crippen LogP contribution >= 0.6 is 0 Å². The molecule has 1 saturated heterocycles. The first kappa shape index (κ1) is 14.7. The number of piperidine rings is 1. The zero-order chi connectivity index (χ0) is 15.1. The number of nitrogens with zero attached hydrogens (tertiary/aromatic N) is 4. The first-order chi connectivity index (χ1) is 10.3. The highest BCUT2D eigenvalue weighted by Crippen LogP contribution is 2.31.